The highest BCUT2D eigenvalue weighted by atomic mass is 79.9. The van der Waals surface area contributed by atoms with Crippen LogP contribution in [-0.2, 0) is 14.4 Å². The molecular weight excluding hydrogens is 300 g/mol. The first-order chi connectivity index (χ1) is 8.50. The van der Waals surface area contributed by atoms with Gasteiger partial charge in [-0.05, 0) is 26.2 Å². The number of alkyl halides is 1. The first kappa shape index (κ1) is 12.6. The summed E-state index contributed by atoms with van der Waals surface area (Å²) in [4.78, 5) is 31.3. The molecule has 0 unspecified atom stereocenters. The fraction of sp³-hybridized carbons (Fsp3) is 0.833. The summed E-state index contributed by atoms with van der Waals surface area (Å²) in [7, 11) is 1.55. The smallest absolute Gasteiger partial charge is 0.261 e. The van der Waals surface area contributed by atoms with E-state index in [2.05, 4.69) is 22.9 Å². The van der Waals surface area contributed by atoms with E-state index in [0.717, 1.165) is 24.6 Å². The number of hydroxylamine groups is 2. The number of piperidine rings is 1. The Hall–Kier alpha value is -0.460. The summed E-state index contributed by atoms with van der Waals surface area (Å²) in [6, 6.07) is 0.250. The lowest BCUT2D eigenvalue weighted by atomic mass is 9.76. The highest BCUT2D eigenvalue weighted by Gasteiger charge is 2.65. The highest BCUT2D eigenvalue weighted by molar-refractivity contribution is 9.09. The molecule has 100 valence electrons. The Bertz CT molecular complexity index is 416. The molecule has 3 saturated heterocycles. The van der Waals surface area contributed by atoms with Crippen molar-refractivity contribution in [1.82, 2.24) is 9.96 Å². The summed E-state index contributed by atoms with van der Waals surface area (Å²) in [6.45, 7) is 2.05. The summed E-state index contributed by atoms with van der Waals surface area (Å²) in [5.41, 5.74) is -0.334. The molecule has 0 N–H and O–H groups in total. The third-order valence-corrected chi connectivity index (χ3v) is 5.35. The van der Waals surface area contributed by atoms with Gasteiger partial charge in [-0.1, -0.05) is 15.9 Å². The molecule has 3 aliphatic rings. The van der Waals surface area contributed by atoms with Gasteiger partial charge in [0.15, 0.2) is 6.10 Å². The van der Waals surface area contributed by atoms with Crippen LogP contribution in [0.25, 0.3) is 0 Å². The van der Waals surface area contributed by atoms with Crippen LogP contribution in [-0.4, -0.2) is 51.8 Å². The number of imide groups is 1. The Morgan fingerprint density at radius 1 is 1.44 bits per heavy atom. The molecule has 0 bridgehead atoms. The van der Waals surface area contributed by atoms with Crippen LogP contribution < -0.4 is 0 Å². The lowest BCUT2D eigenvalue weighted by molar-refractivity contribution is -0.221. The topological polar surface area (TPSA) is 49.9 Å². The summed E-state index contributed by atoms with van der Waals surface area (Å²) in [6.07, 6.45) is 2.41. The molecular formula is C12H17BrN2O3. The van der Waals surface area contributed by atoms with E-state index >= 15 is 0 Å². The van der Waals surface area contributed by atoms with Gasteiger partial charge in [-0.2, -0.15) is 5.06 Å². The number of carbonyl (C=O) groups excluding carboxylic acids is 2. The number of hydrogen-bond acceptors (Lipinski definition) is 4. The molecule has 0 aromatic carbocycles. The second kappa shape index (κ2) is 4.02. The molecule has 18 heavy (non-hydrogen) atoms. The van der Waals surface area contributed by atoms with E-state index in [0.29, 0.717) is 0 Å². The minimum Gasteiger partial charge on any atom is -0.284 e. The predicted molar refractivity (Wildman–Crippen MR) is 67.8 cm³/mol. The van der Waals surface area contributed by atoms with Crippen LogP contribution in [0, 0.1) is 5.92 Å². The number of hydrogen-bond donors (Lipinski definition) is 0. The van der Waals surface area contributed by atoms with Gasteiger partial charge in [0, 0.05) is 18.4 Å². The first-order valence-electron chi connectivity index (χ1n) is 6.34. The van der Waals surface area contributed by atoms with Crippen LogP contribution >= 0.6 is 15.9 Å². The lowest BCUT2D eigenvalue weighted by Crippen LogP contribution is -2.55. The highest BCUT2D eigenvalue weighted by Crippen LogP contribution is 2.49. The average molecular weight is 317 g/mol. The third kappa shape index (κ3) is 1.39. The maximum atomic E-state index is 12.2. The van der Waals surface area contributed by atoms with Crippen LogP contribution in [0.4, 0.5) is 0 Å². The Balaban J connectivity index is 1.99. The van der Waals surface area contributed by atoms with E-state index in [-0.39, 0.29) is 29.3 Å². The van der Waals surface area contributed by atoms with E-state index in [9.17, 15) is 9.59 Å². The van der Waals surface area contributed by atoms with Crippen molar-refractivity contribution < 1.29 is 14.4 Å². The number of likely N-dealkylation sites (N-methyl/N-ethyl adjacent to an activating group) is 1. The average Bonchev–Trinajstić information content (AvgIpc) is 2.78. The standard InChI is InChI=1S/C12H17BrN2O3/c1-12-5-3-4-7(6-13)15(12)18-9-8(12)10(16)14(2)11(9)17/h7-9H,3-6H2,1-2H3/t7-,8+,9-,12-/m1/s1. The van der Waals surface area contributed by atoms with Gasteiger partial charge < -0.3 is 0 Å². The number of likely N-dealkylation sites (tertiary alicyclic amines) is 1. The predicted octanol–water partition coefficient (Wildman–Crippen LogP) is 0.923. The zero-order valence-electron chi connectivity index (χ0n) is 10.6. The molecule has 4 atom stereocenters. The normalized spacial score (nSPS) is 44.4. The van der Waals surface area contributed by atoms with E-state index in [1.54, 1.807) is 7.05 Å². The van der Waals surface area contributed by atoms with E-state index in [1.165, 1.54) is 4.90 Å². The van der Waals surface area contributed by atoms with Gasteiger partial charge >= 0.3 is 0 Å². The van der Waals surface area contributed by atoms with Gasteiger partial charge in [0.25, 0.3) is 5.91 Å². The molecule has 3 rings (SSSR count). The number of halogens is 1. The van der Waals surface area contributed by atoms with E-state index in [4.69, 9.17) is 4.84 Å². The fourth-order valence-electron chi connectivity index (χ4n) is 3.58. The van der Waals surface area contributed by atoms with Crippen molar-refractivity contribution in [2.75, 3.05) is 12.4 Å². The Morgan fingerprint density at radius 2 is 2.17 bits per heavy atom. The zero-order chi connectivity index (χ0) is 13.1. The van der Waals surface area contributed by atoms with Crippen LogP contribution in [0.2, 0.25) is 0 Å². The Morgan fingerprint density at radius 3 is 2.83 bits per heavy atom. The van der Waals surface area contributed by atoms with Crippen molar-refractivity contribution >= 4 is 27.7 Å². The zero-order valence-corrected chi connectivity index (χ0v) is 12.1. The monoisotopic (exact) mass is 316 g/mol. The van der Waals surface area contributed by atoms with Crippen molar-refractivity contribution in [2.24, 2.45) is 5.92 Å². The molecule has 3 aliphatic heterocycles. The van der Waals surface area contributed by atoms with Crippen LogP contribution in [0.5, 0.6) is 0 Å². The van der Waals surface area contributed by atoms with Gasteiger partial charge in [-0.25, -0.2) is 0 Å². The number of fused-ring (bicyclic) bond motifs is 3. The number of nitrogens with zero attached hydrogens (tertiary/aromatic N) is 2. The molecule has 3 heterocycles. The second-order valence-corrected chi connectivity index (χ2v) is 6.27. The van der Waals surface area contributed by atoms with Gasteiger partial charge in [0.1, 0.15) is 0 Å². The van der Waals surface area contributed by atoms with Crippen molar-refractivity contribution in [3.05, 3.63) is 0 Å². The van der Waals surface area contributed by atoms with Crippen LogP contribution in [0.3, 0.4) is 0 Å². The van der Waals surface area contributed by atoms with Crippen LogP contribution in [0.15, 0.2) is 0 Å². The van der Waals surface area contributed by atoms with Gasteiger partial charge in [-0.15, -0.1) is 0 Å². The van der Waals surface area contributed by atoms with Gasteiger partial charge in [0.05, 0.1) is 11.5 Å². The van der Waals surface area contributed by atoms with Crippen molar-refractivity contribution in [3.63, 3.8) is 0 Å². The lowest BCUT2D eigenvalue weighted by Gasteiger charge is -2.44. The Labute approximate surface area is 115 Å². The molecule has 0 aliphatic carbocycles. The van der Waals surface area contributed by atoms with Crippen molar-refractivity contribution in [1.29, 1.82) is 0 Å². The minimum atomic E-state index is -0.604. The third-order valence-electron chi connectivity index (χ3n) is 4.60. The molecule has 3 fully saturated rings. The summed E-state index contributed by atoms with van der Waals surface area (Å²) >= 11 is 3.49. The minimum absolute atomic E-state index is 0.0924. The number of carbonyl (C=O) groups is 2. The SMILES string of the molecule is CN1C(=O)[C@@H]2[C@@H](ON3[C@@H](CBr)CCC[C@]23C)C1=O. The maximum Gasteiger partial charge on any atom is 0.261 e. The van der Waals surface area contributed by atoms with Crippen molar-refractivity contribution in [3.8, 4) is 0 Å². The fourth-order valence-corrected chi connectivity index (χ4v) is 4.17. The molecule has 5 nitrogen and oxygen atoms in total. The second-order valence-electron chi connectivity index (χ2n) is 5.62. The molecule has 0 spiro atoms. The summed E-state index contributed by atoms with van der Waals surface area (Å²) in [5.74, 6) is -0.629. The molecule has 0 aromatic heterocycles. The number of rotatable bonds is 1. The maximum absolute atomic E-state index is 12.2. The van der Waals surface area contributed by atoms with E-state index < -0.39 is 6.10 Å². The first-order valence-corrected chi connectivity index (χ1v) is 7.46. The molecule has 0 aromatic rings. The largest absolute Gasteiger partial charge is 0.284 e. The van der Waals surface area contributed by atoms with Crippen LogP contribution in [0.1, 0.15) is 26.2 Å². The Kier molecular flexibility index (Phi) is 2.80. The van der Waals surface area contributed by atoms with E-state index in [1.807, 2.05) is 5.06 Å². The van der Waals surface area contributed by atoms with Gasteiger partial charge in [0.2, 0.25) is 5.91 Å². The molecule has 0 radical (unpaired) electrons. The quantitative estimate of drug-likeness (QED) is 0.533. The molecule has 2 amide bonds. The summed E-state index contributed by atoms with van der Waals surface area (Å²) < 4.78 is 0. The number of amides is 2. The van der Waals surface area contributed by atoms with Gasteiger partial charge in [-0.3, -0.25) is 19.3 Å². The molecule has 0 saturated carbocycles. The van der Waals surface area contributed by atoms with Crippen molar-refractivity contribution in [2.45, 2.75) is 43.9 Å². The molecule has 6 heteroatoms. The summed E-state index contributed by atoms with van der Waals surface area (Å²) in [5, 5.41) is 2.73.